The predicted octanol–water partition coefficient (Wildman–Crippen LogP) is 13.7. The lowest BCUT2D eigenvalue weighted by Crippen LogP contribution is -2.46. The van der Waals surface area contributed by atoms with Crippen molar-refractivity contribution in [3.05, 3.63) is 239 Å². The van der Waals surface area contributed by atoms with Crippen LogP contribution in [0.4, 0.5) is 0 Å². The molecule has 0 saturated carbocycles. The first-order valence-electron chi connectivity index (χ1n) is 24.1. The van der Waals surface area contributed by atoms with Crippen molar-refractivity contribution in [2.75, 3.05) is 0 Å². The van der Waals surface area contributed by atoms with E-state index in [9.17, 15) is 20.4 Å². The molecule has 8 nitrogen and oxygen atoms in total. The Labute approximate surface area is 409 Å². The summed E-state index contributed by atoms with van der Waals surface area (Å²) >= 11 is 0. The van der Waals surface area contributed by atoms with Gasteiger partial charge in [-0.2, -0.15) is 0 Å². The molecule has 0 amide bonds. The second-order valence-corrected chi connectivity index (χ2v) is 19.9. The molecule has 4 aliphatic heterocycles. The van der Waals surface area contributed by atoms with Crippen molar-refractivity contribution in [1.82, 2.24) is 0 Å². The number of rotatable bonds is 0. The molecule has 0 aromatic heterocycles. The van der Waals surface area contributed by atoms with E-state index < -0.39 is 22.4 Å². The third kappa shape index (κ3) is 4.12. The fourth-order valence-electron chi connectivity index (χ4n) is 14.2. The third-order valence-corrected chi connectivity index (χ3v) is 16.6. The van der Waals surface area contributed by atoms with Gasteiger partial charge in [-0.3, -0.25) is 0 Å². The number of fused-ring (bicyclic) bond motifs is 12. The summed E-state index contributed by atoms with van der Waals surface area (Å²) in [7, 11) is 0. The number of phenolic OH excluding ortho intramolecular Hbond substituents is 4. The molecule has 0 radical (unpaired) electrons. The van der Waals surface area contributed by atoms with Crippen LogP contribution in [-0.4, -0.2) is 20.4 Å². The van der Waals surface area contributed by atoms with Crippen molar-refractivity contribution < 1.29 is 39.4 Å². The van der Waals surface area contributed by atoms with Gasteiger partial charge in [-0.25, -0.2) is 0 Å². The summed E-state index contributed by atoms with van der Waals surface area (Å²) in [4.78, 5) is 0. The van der Waals surface area contributed by atoms with Crippen LogP contribution in [0.1, 0.15) is 44.5 Å². The zero-order valence-corrected chi connectivity index (χ0v) is 37.9. The van der Waals surface area contributed by atoms with Crippen LogP contribution in [0.15, 0.2) is 194 Å². The summed E-state index contributed by atoms with van der Waals surface area (Å²) in [6.45, 7) is 0. The average Bonchev–Trinajstić information content (AvgIpc) is 4.16. The van der Waals surface area contributed by atoms with Crippen molar-refractivity contribution in [3.63, 3.8) is 0 Å². The monoisotopic (exact) mass is 932 g/mol. The molecule has 0 fully saturated rings. The molecule has 12 aromatic rings. The van der Waals surface area contributed by atoms with Gasteiger partial charge < -0.3 is 39.4 Å². The minimum atomic E-state index is -0.965. The molecule has 4 heterocycles. The van der Waals surface area contributed by atoms with Gasteiger partial charge >= 0.3 is 0 Å². The molecule has 4 atom stereocenters. The molecule has 6 aliphatic rings. The maximum absolute atomic E-state index is 10.5. The van der Waals surface area contributed by atoms with Crippen LogP contribution < -0.4 is 18.9 Å². The summed E-state index contributed by atoms with van der Waals surface area (Å²) in [5.74, 6) is 3.88. The molecular formula is C64H36O8. The zero-order chi connectivity index (χ0) is 47.6. The van der Waals surface area contributed by atoms with Gasteiger partial charge in [-0.1, -0.05) is 121 Å². The first-order chi connectivity index (χ1) is 35.2. The molecule has 18 rings (SSSR count). The minimum Gasteiger partial charge on any atom is -0.508 e. The van der Waals surface area contributed by atoms with Crippen LogP contribution in [0.2, 0.25) is 0 Å². The molecule has 4 unspecified atom stereocenters. The summed E-state index contributed by atoms with van der Waals surface area (Å²) in [6.07, 6.45) is 0. The van der Waals surface area contributed by atoms with Gasteiger partial charge in [-0.15, -0.1) is 0 Å². The number of hydrogen-bond acceptors (Lipinski definition) is 8. The van der Waals surface area contributed by atoms with Crippen molar-refractivity contribution in [1.29, 1.82) is 0 Å². The summed E-state index contributed by atoms with van der Waals surface area (Å²) in [5.41, 5.74) is 4.22. The molecule has 4 N–H and O–H groups in total. The van der Waals surface area contributed by atoms with Crippen molar-refractivity contribution in [2.45, 2.75) is 22.4 Å². The highest BCUT2D eigenvalue weighted by atomic mass is 16.6. The number of ether oxygens (including phenoxy) is 4. The van der Waals surface area contributed by atoms with E-state index in [4.69, 9.17) is 18.9 Å². The van der Waals surface area contributed by atoms with Crippen LogP contribution in [0.5, 0.6) is 46.0 Å². The maximum atomic E-state index is 10.5. The molecule has 12 aromatic carbocycles. The Kier molecular flexibility index (Phi) is 6.67. The van der Waals surface area contributed by atoms with Gasteiger partial charge in [0.1, 0.15) is 46.0 Å². The SMILES string of the molecule is Oc1ccc2c3c(ccc2c1)OC12c4c(ccc5ccc(O)cc45)OC31c1cccc3cccc2c13.Oc1ccc2c3c(ccc2c1)OC12c4c(ccc5ccc(O)cc45)OC31c1cccc3cccc2c13. The van der Waals surface area contributed by atoms with Crippen LogP contribution in [0, 0.1) is 0 Å². The van der Waals surface area contributed by atoms with E-state index in [1.54, 1.807) is 36.4 Å². The Balaban J connectivity index is 0.000000120. The van der Waals surface area contributed by atoms with E-state index in [1.165, 1.54) is 0 Å². The molecule has 0 bridgehead atoms. The molecule has 0 saturated heterocycles. The zero-order valence-electron chi connectivity index (χ0n) is 37.9. The van der Waals surface area contributed by atoms with E-state index in [0.29, 0.717) is 0 Å². The average molecular weight is 933 g/mol. The topological polar surface area (TPSA) is 118 Å². The van der Waals surface area contributed by atoms with E-state index in [-0.39, 0.29) is 23.0 Å². The largest absolute Gasteiger partial charge is 0.508 e. The van der Waals surface area contributed by atoms with E-state index in [1.807, 2.05) is 84.9 Å². The lowest BCUT2D eigenvalue weighted by atomic mass is 9.73. The van der Waals surface area contributed by atoms with Crippen molar-refractivity contribution in [3.8, 4) is 46.0 Å². The smallest absolute Gasteiger partial charge is 0.212 e. The van der Waals surface area contributed by atoms with Gasteiger partial charge in [0.2, 0.25) is 22.4 Å². The fourth-order valence-corrected chi connectivity index (χ4v) is 14.2. The molecule has 8 heteroatoms. The van der Waals surface area contributed by atoms with Crippen LogP contribution in [-0.2, 0) is 22.4 Å². The quantitative estimate of drug-likeness (QED) is 0.119. The maximum Gasteiger partial charge on any atom is 0.212 e. The van der Waals surface area contributed by atoms with Gasteiger partial charge in [0.05, 0.1) is 22.3 Å². The van der Waals surface area contributed by atoms with Gasteiger partial charge in [0.25, 0.3) is 0 Å². The number of benzene rings is 12. The van der Waals surface area contributed by atoms with E-state index >= 15 is 0 Å². The Morgan fingerprint density at radius 3 is 0.903 bits per heavy atom. The normalized spacial score (nSPS) is 22.2. The van der Waals surface area contributed by atoms with Gasteiger partial charge in [-0.05, 0) is 137 Å². The summed E-state index contributed by atoms with van der Waals surface area (Å²) < 4.78 is 28.6. The number of hydrogen-bond donors (Lipinski definition) is 4. The Morgan fingerprint density at radius 2 is 0.542 bits per heavy atom. The minimum absolute atomic E-state index is 0.204. The Bertz CT molecular complexity index is 4260. The summed E-state index contributed by atoms with van der Waals surface area (Å²) in [5, 5.41) is 53.6. The first kappa shape index (κ1) is 38.4. The van der Waals surface area contributed by atoms with Crippen LogP contribution in [0.25, 0.3) is 64.6 Å². The molecule has 2 aliphatic carbocycles. The number of phenols is 4. The third-order valence-electron chi connectivity index (χ3n) is 16.6. The lowest BCUT2D eigenvalue weighted by Gasteiger charge is -2.34. The van der Waals surface area contributed by atoms with Gasteiger partial charge in [0.15, 0.2) is 0 Å². The van der Waals surface area contributed by atoms with E-state index in [2.05, 4.69) is 72.8 Å². The Hall–Kier alpha value is -9.40. The van der Waals surface area contributed by atoms with Crippen molar-refractivity contribution >= 4 is 64.6 Å². The summed E-state index contributed by atoms with van der Waals surface area (Å²) in [6, 6.07) is 63.3. The fraction of sp³-hybridized carbons (Fsp3) is 0.0625. The van der Waals surface area contributed by atoms with Gasteiger partial charge in [0, 0.05) is 22.3 Å². The highest BCUT2D eigenvalue weighted by Crippen LogP contribution is 2.75. The molecular weight excluding hydrogens is 897 g/mol. The highest BCUT2D eigenvalue weighted by Gasteiger charge is 2.76. The van der Waals surface area contributed by atoms with Crippen LogP contribution in [0.3, 0.4) is 0 Å². The second kappa shape index (κ2) is 12.5. The van der Waals surface area contributed by atoms with E-state index in [0.717, 1.165) is 132 Å². The molecule has 72 heavy (non-hydrogen) atoms. The second-order valence-electron chi connectivity index (χ2n) is 19.9. The molecule has 340 valence electrons. The standard InChI is InChI=1S/2C32H18O4/c2*33-20-11-12-22-19(15-20)9-14-26-29(22)31-24-5-1-3-18-4-2-6-25(28(18)24)32(31,35-26)30-23-16-21(34)10-7-17(23)8-13-27(30)36-31/h2*1-16,33-34H. The predicted molar refractivity (Wildman–Crippen MR) is 276 cm³/mol. The molecule has 0 spiro atoms. The first-order valence-corrected chi connectivity index (χ1v) is 24.1. The lowest BCUT2D eigenvalue weighted by molar-refractivity contribution is -0.00417. The highest BCUT2D eigenvalue weighted by molar-refractivity contribution is 6.06. The van der Waals surface area contributed by atoms with Crippen LogP contribution >= 0.6 is 0 Å². The van der Waals surface area contributed by atoms with Crippen molar-refractivity contribution in [2.24, 2.45) is 0 Å². The Morgan fingerprint density at radius 1 is 0.250 bits per heavy atom. The number of aromatic hydroxyl groups is 4.